The van der Waals surface area contributed by atoms with Crippen molar-refractivity contribution in [2.45, 2.75) is 25.0 Å². The molecular formula is C22H17BrFNO4. The van der Waals surface area contributed by atoms with Crippen LogP contribution in [0.2, 0.25) is 0 Å². The summed E-state index contributed by atoms with van der Waals surface area (Å²) in [4.78, 5) is 28.3. The highest BCUT2D eigenvalue weighted by molar-refractivity contribution is 9.10. The zero-order chi connectivity index (χ0) is 20.1. The van der Waals surface area contributed by atoms with Gasteiger partial charge in [0, 0.05) is 17.6 Å². The minimum Gasteiger partial charge on any atom is -0.450 e. The molecule has 148 valence electrons. The third kappa shape index (κ3) is 3.09. The van der Waals surface area contributed by atoms with E-state index in [1.54, 1.807) is 35.2 Å². The molecule has 7 heteroatoms. The van der Waals surface area contributed by atoms with Crippen molar-refractivity contribution in [2.24, 2.45) is 0 Å². The zero-order valence-corrected chi connectivity index (χ0v) is 16.9. The molecule has 0 N–H and O–H groups in total. The van der Waals surface area contributed by atoms with Crippen LogP contribution in [0.15, 0.2) is 56.1 Å². The first-order valence-corrected chi connectivity index (χ1v) is 10.3. The average molecular weight is 458 g/mol. The average Bonchev–Trinajstić information content (AvgIpc) is 3.32. The lowest BCUT2D eigenvalue weighted by Crippen LogP contribution is -2.36. The Morgan fingerprint density at radius 2 is 1.93 bits per heavy atom. The van der Waals surface area contributed by atoms with Gasteiger partial charge in [0.05, 0.1) is 23.1 Å². The van der Waals surface area contributed by atoms with Crippen molar-refractivity contribution < 1.29 is 18.3 Å². The number of amides is 1. The van der Waals surface area contributed by atoms with E-state index in [2.05, 4.69) is 15.9 Å². The molecule has 29 heavy (non-hydrogen) atoms. The molecule has 5 rings (SSSR count). The normalized spacial score (nSPS) is 21.2. The minimum atomic E-state index is -0.637. The van der Waals surface area contributed by atoms with Gasteiger partial charge in [-0.15, -0.1) is 0 Å². The van der Waals surface area contributed by atoms with Crippen LogP contribution in [-0.4, -0.2) is 30.1 Å². The third-order valence-corrected chi connectivity index (χ3v) is 6.03. The second-order valence-electron chi connectivity index (χ2n) is 7.36. The van der Waals surface area contributed by atoms with Crippen LogP contribution in [0.25, 0.3) is 11.0 Å². The maximum Gasteiger partial charge on any atom is 0.291 e. The molecule has 0 radical (unpaired) electrons. The highest BCUT2D eigenvalue weighted by atomic mass is 79.9. The summed E-state index contributed by atoms with van der Waals surface area (Å²) in [6.45, 7) is 1.01. The van der Waals surface area contributed by atoms with Gasteiger partial charge in [-0.1, -0.05) is 28.1 Å². The molecule has 0 aliphatic carbocycles. The monoisotopic (exact) mass is 457 g/mol. The van der Waals surface area contributed by atoms with Crippen LogP contribution < -0.4 is 5.43 Å². The van der Waals surface area contributed by atoms with E-state index in [9.17, 15) is 14.0 Å². The van der Waals surface area contributed by atoms with E-state index >= 15 is 0 Å². The first kappa shape index (κ1) is 18.5. The van der Waals surface area contributed by atoms with Crippen LogP contribution in [0, 0.1) is 5.82 Å². The van der Waals surface area contributed by atoms with Crippen LogP contribution in [0.3, 0.4) is 0 Å². The highest BCUT2D eigenvalue weighted by Gasteiger charge is 2.43. The Labute approximate surface area is 174 Å². The van der Waals surface area contributed by atoms with Crippen molar-refractivity contribution in [1.82, 2.24) is 4.90 Å². The first-order chi connectivity index (χ1) is 14.0. The molecule has 3 heterocycles. The number of halogens is 2. The van der Waals surface area contributed by atoms with Crippen molar-refractivity contribution >= 4 is 32.8 Å². The lowest BCUT2D eigenvalue weighted by molar-refractivity contribution is 0.0486. The molecule has 2 aliphatic rings. The summed E-state index contributed by atoms with van der Waals surface area (Å²) in [5.41, 5.74) is 1.07. The SMILES string of the molecule is O=C1c2oc3ccc(Br)cc3c(=O)c2[C@@H](c2ccc(F)cc2)N1C[C@H]1CCCO1. The first-order valence-electron chi connectivity index (χ1n) is 9.47. The number of hydrogen-bond donors (Lipinski definition) is 0. The molecule has 0 bridgehead atoms. The molecule has 5 nitrogen and oxygen atoms in total. The molecule has 1 amide bonds. The molecule has 1 saturated heterocycles. The molecule has 2 aliphatic heterocycles. The summed E-state index contributed by atoms with van der Waals surface area (Å²) in [7, 11) is 0. The number of rotatable bonds is 3. The number of benzene rings is 2. The summed E-state index contributed by atoms with van der Waals surface area (Å²) in [5, 5.41) is 0.400. The third-order valence-electron chi connectivity index (χ3n) is 5.54. The van der Waals surface area contributed by atoms with Gasteiger partial charge < -0.3 is 14.1 Å². The van der Waals surface area contributed by atoms with Crippen molar-refractivity contribution in [3.63, 3.8) is 0 Å². The smallest absolute Gasteiger partial charge is 0.291 e. The molecule has 3 aromatic rings. The van der Waals surface area contributed by atoms with Crippen molar-refractivity contribution in [3.8, 4) is 0 Å². The number of carbonyl (C=O) groups excluding carboxylic acids is 1. The molecule has 1 aromatic heterocycles. The molecule has 0 saturated carbocycles. The van der Waals surface area contributed by atoms with E-state index in [0.29, 0.717) is 35.2 Å². The predicted molar refractivity (Wildman–Crippen MR) is 108 cm³/mol. The van der Waals surface area contributed by atoms with Gasteiger partial charge in [0.2, 0.25) is 5.76 Å². The van der Waals surface area contributed by atoms with Crippen LogP contribution in [-0.2, 0) is 4.74 Å². The van der Waals surface area contributed by atoms with Crippen molar-refractivity contribution in [2.75, 3.05) is 13.2 Å². The van der Waals surface area contributed by atoms with Gasteiger partial charge >= 0.3 is 0 Å². The van der Waals surface area contributed by atoms with E-state index in [1.807, 2.05) is 0 Å². The highest BCUT2D eigenvalue weighted by Crippen LogP contribution is 2.39. The maximum absolute atomic E-state index is 13.5. The Hall–Kier alpha value is -2.51. The molecular weight excluding hydrogens is 441 g/mol. The maximum atomic E-state index is 13.5. The van der Waals surface area contributed by atoms with Gasteiger partial charge in [-0.25, -0.2) is 4.39 Å². The van der Waals surface area contributed by atoms with E-state index in [0.717, 1.165) is 17.3 Å². The Morgan fingerprint density at radius 3 is 2.66 bits per heavy atom. The fraction of sp³-hybridized carbons (Fsp3) is 0.273. The number of nitrogens with zero attached hydrogens (tertiary/aromatic N) is 1. The Bertz CT molecular complexity index is 1170. The largest absolute Gasteiger partial charge is 0.450 e. The second-order valence-corrected chi connectivity index (χ2v) is 8.28. The summed E-state index contributed by atoms with van der Waals surface area (Å²) >= 11 is 3.38. The molecule has 0 spiro atoms. The summed E-state index contributed by atoms with van der Waals surface area (Å²) in [6.07, 6.45) is 1.71. The Kier molecular flexibility index (Phi) is 4.52. The van der Waals surface area contributed by atoms with Crippen LogP contribution in [0.5, 0.6) is 0 Å². The zero-order valence-electron chi connectivity index (χ0n) is 15.4. The number of carbonyl (C=O) groups is 1. The number of ether oxygens (including phenoxy) is 1. The quantitative estimate of drug-likeness (QED) is 0.583. The van der Waals surface area contributed by atoms with Crippen LogP contribution in [0.1, 0.15) is 40.6 Å². The topological polar surface area (TPSA) is 59.8 Å². The van der Waals surface area contributed by atoms with Crippen LogP contribution in [0.4, 0.5) is 4.39 Å². The fourth-order valence-corrected chi connectivity index (χ4v) is 4.54. The predicted octanol–water partition coefficient (Wildman–Crippen LogP) is 4.42. The van der Waals surface area contributed by atoms with E-state index in [-0.39, 0.29) is 29.0 Å². The summed E-state index contributed by atoms with van der Waals surface area (Å²) in [5.74, 6) is -0.665. The number of hydrogen-bond acceptors (Lipinski definition) is 4. The van der Waals surface area contributed by atoms with Gasteiger partial charge in [0.15, 0.2) is 5.43 Å². The van der Waals surface area contributed by atoms with Gasteiger partial charge in [0.25, 0.3) is 5.91 Å². The molecule has 2 atom stereocenters. The van der Waals surface area contributed by atoms with E-state index in [4.69, 9.17) is 9.15 Å². The van der Waals surface area contributed by atoms with Crippen LogP contribution >= 0.6 is 15.9 Å². The van der Waals surface area contributed by atoms with Gasteiger partial charge in [-0.3, -0.25) is 9.59 Å². The molecule has 1 fully saturated rings. The van der Waals surface area contributed by atoms with Gasteiger partial charge in [0.1, 0.15) is 11.4 Å². The van der Waals surface area contributed by atoms with Crippen molar-refractivity contribution in [1.29, 1.82) is 0 Å². The summed E-state index contributed by atoms with van der Waals surface area (Å²) in [6, 6.07) is 10.4. The molecule has 0 unspecified atom stereocenters. The second kappa shape index (κ2) is 7.07. The van der Waals surface area contributed by atoms with E-state index < -0.39 is 6.04 Å². The van der Waals surface area contributed by atoms with Gasteiger partial charge in [-0.2, -0.15) is 0 Å². The number of fused-ring (bicyclic) bond motifs is 2. The fourth-order valence-electron chi connectivity index (χ4n) is 4.18. The molecule has 2 aromatic carbocycles. The summed E-state index contributed by atoms with van der Waals surface area (Å²) < 4.78 is 25.9. The lowest BCUT2D eigenvalue weighted by Gasteiger charge is -2.27. The van der Waals surface area contributed by atoms with Crippen molar-refractivity contribution in [3.05, 3.63) is 79.9 Å². The van der Waals surface area contributed by atoms with Gasteiger partial charge in [-0.05, 0) is 48.7 Å². The standard InChI is InChI=1S/C22H17BrFNO4/c23-13-5-8-17-16(10-13)20(26)18-19(12-3-6-14(24)7-4-12)25(22(27)21(18)29-17)11-15-2-1-9-28-15/h3-8,10,15,19H,1-2,9,11H2/t15-,19-/m1/s1. The Balaban J connectivity index is 1.71. The minimum absolute atomic E-state index is 0.0529. The lowest BCUT2D eigenvalue weighted by atomic mass is 9.98. The Morgan fingerprint density at radius 1 is 1.14 bits per heavy atom. The van der Waals surface area contributed by atoms with E-state index in [1.165, 1.54) is 12.1 Å².